The standard InChI is InChI=1S/C22H14BrIN2O3/c23-21-12-16(3-10-22(21)29-14-15-1-6-19(24)7-2-15)11-18(13-25)17-4-8-20(9-5-17)26(27)28/h1-12H,14H2/b18-11-. The van der Waals surface area contributed by atoms with Gasteiger partial charge >= 0.3 is 0 Å². The second-order valence-electron chi connectivity index (χ2n) is 6.08. The number of allylic oxidation sites excluding steroid dienone is 1. The molecule has 3 rings (SSSR count). The predicted octanol–water partition coefficient (Wildman–Crippen LogP) is 6.61. The van der Waals surface area contributed by atoms with Gasteiger partial charge in [-0.05, 0) is 97.7 Å². The number of hydrogen-bond donors (Lipinski definition) is 0. The zero-order chi connectivity index (χ0) is 20.8. The minimum absolute atomic E-state index is 0.0107. The van der Waals surface area contributed by atoms with E-state index in [2.05, 4.69) is 44.6 Å². The van der Waals surface area contributed by atoms with Crippen molar-refractivity contribution in [1.82, 2.24) is 0 Å². The molecule has 0 atom stereocenters. The van der Waals surface area contributed by atoms with Gasteiger partial charge in [0, 0.05) is 15.7 Å². The van der Waals surface area contributed by atoms with Crippen molar-refractivity contribution in [2.75, 3.05) is 0 Å². The molecule has 3 aromatic rings. The molecule has 0 bridgehead atoms. The van der Waals surface area contributed by atoms with E-state index >= 15 is 0 Å². The minimum Gasteiger partial charge on any atom is -0.488 e. The normalized spacial score (nSPS) is 11.0. The molecule has 0 aliphatic carbocycles. The maximum Gasteiger partial charge on any atom is 0.269 e. The molecular weight excluding hydrogens is 547 g/mol. The summed E-state index contributed by atoms with van der Waals surface area (Å²) >= 11 is 5.77. The summed E-state index contributed by atoms with van der Waals surface area (Å²) in [6, 6.07) is 21.7. The number of nitriles is 1. The highest BCUT2D eigenvalue weighted by Crippen LogP contribution is 2.29. The summed E-state index contributed by atoms with van der Waals surface area (Å²) in [6.07, 6.45) is 1.73. The Morgan fingerprint density at radius 1 is 1.14 bits per heavy atom. The van der Waals surface area contributed by atoms with Crippen molar-refractivity contribution in [1.29, 1.82) is 5.26 Å². The van der Waals surface area contributed by atoms with Gasteiger partial charge in [0.25, 0.3) is 5.69 Å². The Labute approximate surface area is 190 Å². The van der Waals surface area contributed by atoms with E-state index in [4.69, 9.17) is 4.74 Å². The molecule has 0 aromatic heterocycles. The molecule has 0 fully saturated rings. The van der Waals surface area contributed by atoms with Crippen molar-refractivity contribution >= 4 is 55.9 Å². The van der Waals surface area contributed by atoms with Crippen LogP contribution in [0.2, 0.25) is 0 Å². The van der Waals surface area contributed by atoms with Gasteiger partial charge in [-0.25, -0.2) is 0 Å². The van der Waals surface area contributed by atoms with Gasteiger partial charge < -0.3 is 4.74 Å². The first-order chi connectivity index (χ1) is 14.0. The number of hydrogen-bond acceptors (Lipinski definition) is 4. The molecule has 0 aliphatic rings. The Bertz CT molecular complexity index is 1100. The van der Waals surface area contributed by atoms with Crippen LogP contribution in [0, 0.1) is 25.0 Å². The van der Waals surface area contributed by atoms with E-state index in [1.54, 1.807) is 18.2 Å². The Hall–Kier alpha value is -2.70. The molecule has 29 heavy (non-hydrogen) atoms. The van der Waals surface area contributed by atoms with E-state index in [1.165, 1.54) is 15.7 Å². The van der Waals surface area contributed by atoms with Gasteiger partial charge in [-0.1, -0.05) is 18.2 Å². The lowest BCUT2D eigenvalue weighted by atomic mass is 10.0. The van der Waals surface area contributed by atoms with Crippen LogP contribution in [0.4, 0.5) is 5.69 Å². The van der Waals surface area contributed by atoms with Gasteiger partial charge in [0.05, 0.1) is 21.0 Å². The van der Waals surface area contributed by atoms with Crippen LogP contribution in [-0.4, -0.2) is 4.92 Å². The zero-order valence-corrected chi connectivity index (χ0v) is 18.8. The second kappa shape index (κ2) is 9.67. The van der Waals surface area contributed by atoms with E-state index < -0.39 is 4.92 Å². The molecule has 3 aromatic carbocycles. The summed E-state index contributed by atoms with van der Waals surface area (Å²) in [6.45, 7) is 0.455. The molecule has 0 amide bonds. The first-order valence-corrected chi connectivity index (χ1v) is 10.4. The minimum atomic E-state index is -0.467. The van der Waals surface area contributed by atoms with Crippen LogP contribution < -0.4 is 4.74 Å². The average molecular weight is 561 g/mol. The average Bonchev–Trinajstić information content (AvgIpc) is 2.72. The molecule has 0 N–H and O–H groups in total. The molecule has 5 nitrogen and oxygen atoms in total. The smallest absolute Gasteiger partial charge is 0.269 e. The van der Waals surface area contributed by atoms with Crippen LogP contribution in [-0.2, 0) is 6.61 Å². The molecular formula is C22H14BrIN2O3. The number of non-ortho nitro benzene ring substituents is 1. The van der Waals surface area contributed by atoms with Gasteiger partial charge in [0.1, 0.15) is 12.4 Å². The Kier molecular flexibility index (Phi) is 7.01. The van der Waals surface area contributed by atoms with Crippen LogP contribution in [0.1, 0.15) is 16.7 Å². The Morgan fingerprint density at radius 3 is 2.41 bits per heavy atom. The quantitative estimate of drug-likeness (QED) is 0.112. The first kappa shape index (κ1) is 21.0. The maximum absolute atomic E-state index is 10.8. The van der Waals surface area contributed by atoms with Gasteiger partial charge in [-0.15, -0.1) is 0 Å². The van der Waals surface area contributed by atoms with E-state index in [1.807, 2.05) is 42.5 Å². The molecule has 144 valence electrons. The highest BCUT2D eigenvalue weighted by Gasteiger charge is 2.08. The summed E-state index contributed by atoms with van der Waals surface area (Å²) in [5.74, 6) is 0.703. The van der Waals surface area contributed by atoms with E-state index in [0.29, 0.717) is 23.5 Å². The van der Waals surface area contributed by atoms with Gasteiger partial charge in [0.15, 0.2) is 0 Å². The second-order valence-corrected chi connectivity index (χ2v) is 8.18. The van der Waals surface area contributed by atoms with Crippen LogP contribution in [0.15, 0.2) is 71.2 Å². The van der Waals surface area contributed by atoms with Crippen LogP contribution in [0.25, 0.3) is 11.6 Å². The number of rotatable bonds is 6. The van der Waals surface area contributed by atoms with E-state index in [-0.39, 0.29) is 5.69 Å². The third-order valence-electron chi connectivity index (χ3n) is 4.08. The van der Waals surface area contributed by atoms with E-state index in [0.717, 1.165) is 15.6 Å². The fraction of sp³-hybridized carbons (Fsp3) is 0.0455. The number of ether oxygens (including phenoxy) is 1. The summed E-state index contributed by atoms with van der Waals surface area (Å²) in [7, 11) is 0. The monoisotopic (exact) mass is 560 g/mol. The summed E-state index contributed by atoms with van der Waals surface area (Å²) in [5.41, 5.74) is 2.91. The topological polar surface area (TPSA) is 76.2 Å². The van der Waals surface area contributed by atoms with Gasteiger partial charge in [0.2, 0.25) is 0 Å². The molecule has 7 heteroatoms. The van der Waals surface area contributed by atoms with Crippen LogP contribution in [0.3, 0.4) is 0 Å². The predicted molar refractivity (Wildman–Crippen MR) is 124 cm³/mol. The van der Waals surface area contributed by atoms with Gasteiger partial charge in [-0.3, -0.25) is 10.1 Å². The number of nitrogens with zero attached hydrogens (tertiary/aromatic N) is 2. The molecule has 0 radical (unpaired) electrons. The molecule has 0 saturated heterocycles. The van der Waals surface area contributed by atoms with Crippen LogP contribution >= 0.6 is 38.5 Å². The maximum atomic E-state index is 10.8. The summed E-state index contributed by atoms with van der Waals surface area (Å²) < 4.78 is 7.82. The number of nitro groups is 1. The van der Waals surface area contributed by atoms with Crippen molar-refractivity contribution in [2.45, 2.75) is 6.61 Å². The Morgan fingerprint density at radius 2 is 1.83 bits per heavy atom. The molecule has 0 heterocycles. The molecule has 0 aliphatic heterocycles. The number of halogens is 2. The third kappa shape index (κ3) is 5.65. The van der Waals surface area contributed by atoms with Crippen molar-refractivity contribution in [3.8, 4) is 11.8 Å². The lowest BCUT2D eigenvalue weighted by Crippen LogP contribution is -1.96. The fourth-order valence-corrected chi connectivity index (χ4v) is 3.45. The molecule has 0 unspecified atom stereocenters. The van der Waals surface area contributed by atoms with Crippen molar-refractivity contribution in [3.05, 3.63) is 102 Å². The molecule has 0 saturated carbocycles. The van der Waals surface area contributed by atoms with Crippen LogP contribution in [0.5, 0.6) is 5.75 Å². The van der Waals surface area contributed by atoms with Crippen molar-refractivity contribution in [2.24, 2.45) is 0 Å². The fourth-order valence-electron chi connectivity index (χ4n) is 2.58. The highest BCUT2D eigenvalue weighted by molar-refractivity contribution is 14.1. The lowest BCUT2D eigenvalue weighted by Gasteiger charge is -2.09. The molecule has 0 spiro atoms. The summed E-state index contributed by atoms with van der Waals surface area (Å²) in [5, 5.41) is 20.3. The number of nitro benzene ring substituents is 1. The summed E-state index contributed by atoms with van der Waals surface area (Å²) in [4.78, 5) is 10.3. The first-order valence-electron chi connectivity index (χ1n) is 8.49. The Balaban J connectivity index is 1.76. The zero-order valence-electron chi connectivity index (χ0n) is 15.0. The van der Waals surface area contributed by atoms with Gasteiger partial charge in [-0.2, -0.15) is 5.26 Å². The SMILES string of the molecule is N#C/C(=C/c1ccc(OCc2ccc(I)cc2)c(Br)c1)c1ccc([N+](=O)[O-])cc1. The lowest BCUT2D eigenvalue weighted by molar-refractivity contribution is -0.384. The third-order valence-corrected chi connectivity index (χ3v) is 5.42. The van der Waals surface area contributed by atoms with E-state index in [9.17, 15) is 15.4 Å². The number of benzene rings is 3. The van der Waals surface area contributed by atoms with Crippen molar-refractivity contribution < 1.29 is 9.66 Å². The van der Waals surface area contributed by atoms with Crippen molar-refractivity contribution in [3.63, 3.8) is 0 Å². The largest absolute Gasteiger partial charge is 0.488 e. The highest BCUT2D eigenvalue weighted by atomic mass is 127.